The van der Waals surface area contributed by atoms with Gasteiger partial charge in [-0.3, -0.25) is 4.21 Å². The molecule has 2 rings (SSSR count). The maximum Gasteiger partial charge on any atom is 0.0383 e. The third-order valence-electron chi connectivity index (χ3n) is 4.12. The summed E-state index contributed by atoms with van der Waals surface area (Å²) in [5.41, 5.74) is 3.13. The Labute approximate surface area is 119 Å². The van der Waals surface area contributed by atoms with E-state index in [4.69, 9.17) is 0 Å². The Hall–Kier alpha value is -0.670. The fourth-order valence-electron chi connectivity index (χ4n) is 3.07. The van der Waals surface area contributed by atoms with Crippen LogP contribution >= 0.6 is 0 Å². The van der Waals surface area contributed by atoms with Gasteiger partial charge in [0.1, 0.15) is 0 Å². The number of hydrogen-bond donors (Lipinski definition) is 1. The minimum absolute atomic E-state index is 0.248. The van der Waals surface area contributed by atoms with Crippen LogP contribution in [-0.4, -0.2) is 22.3 Å². The molecule has 1 aromatic carbocycles. The van der Waals surface area contributed by atoms with Gasteiger partial charge in [0.05, 0.1) is 0 Å². The van der Waals surface area contributed by atoms with Crippen molar-refractivity contribution in [2.75, 3.05) is 12.0 Å². The molecule has 3 heteroatoms. The Balaban J connectivity index is 2.23. The summed E-state index contributed by atoms with van der Waals surface area (Å²) in [5, 5.41) is 3.70. The van der Waals surface area contributed by atoms with E-state index < -0.39 is 10.8 Å². The molecule has 0 fully saturated rings. The quantitative estimate of drug-likeness (QED) is 0.918. The first kappa shape index (κ1) is 14.7. The SMILES string of the molecule is CC(CS(C)=O)NC1c2ccccc2CCC1(C)C. The molecule has 1 N–H and O–H groups in total. The zero-order valence-electron chi connectivity index (χ0n) is 12.4. The van der Waals surface area contributed by atoms with E-state index in [9.17, 15) is 4.21 Å². The number of rotatable bonds is 4. The molecule has 2 nitrogen and oxygen atoms in total. The number of aryl methyl sites for hydroxylation is 1. The molecule has 1 aromatic rings. The standard InChI is InChI=1S/C16H25NOS/c1-12(11-19(4)18)17-15-14-8-6-5-7-13(14)9-10-16(15,2)3/h5-8,12,15,17H,9-11H2,1-4H3. The molecule has 0 saturated heterocycles. The summed E-state index contributed by atoms with van der Waals surface area (Å²) in [7, 11) is -0.745. The Morgan fingerprint density at radius 1 is 1.42 bits per heavy atom. The predicted molar refractivity (Wildman–Crippen MR) is 82.8 cm³/mol. The molecule has 0 spiro atoms. The highest BCUT2D eigenvalue weighted by Gasteiger charge is 2.36. The fourth-order valence-corrected chi connectivity index (χ4v) is 3.87. The Morgan fingerprint density at radius 3 is 2.79 bits per heavy atom. The number of fused-ring (bicyclic) bond motifs is 1. The van der Waals surface area contributed by atoms with Crippen molar-refractivity contribution in [3.63, 3.8) is 0 Å². The first-order valence-corrected chi connectivity index (χ1v) is 8.77. The van der Waals surface area contributed by atoms with E-state index in [1.54, 1.807) is 6.26 Å². The van der Waals surface area contributed by atoms with Crippen LogP contribution in [0, 0.1) is 5.41 Å². The van der Waals surface area contributed by atoms with E-state index in [-0.39, 0.29) is 11.5 Å². The van der Waals surface area contributed by atoms with Gasteiger partial charge in [0, 0.05) is 34.9 Å². The van der Waals surface area contributed by atoms with E-state index in [2.05, 4.69) is 50.4 Å². The molecule has 3 atom stereocenters. The van der Waals surface area contributed by atoms with Crippen molar-refractivity contribution in [2.24, 2.45) is 5.41 Å². The van der Waals surface area contributed by atoms with Gasteiger partial charge in [-0.15, -0.1) is 0 Å². The van der Waals surface area contributed by atoms with Crippen molar-refractivity contribution in [1.29, 1.82) is 0 Å². The summed E-state index contributed by atoms with van der Waals surface area (Å²) in [6.45, 7) is 6.79. The van der Waals surface area contributed by atoms with Crippen molar-refractivity contribution < 1.29 is 4.21 Å². The molecule has 0 aliphatic heterocycles. The summed E-state index contributed by atoms with van der Waals surface area (Å²) in [6.07, 6.45) is 4.14. The van der Waals surface area contributed by atoms with Crippen LogP contribution in [0.4, 0.5) is 0 Å². The number of hydrogen-bond acceptors (Lipinski definition) is 2. The van der Waals surface area contributed by atoms with E-state index in [0.717, 1.165) is 12.2 Å². The molecular weight excluding hydrogens is 254 g/mol. The Kier molecular flexibility index (Phi) is 4.46. The van der Waals surface area contributed by atoms with Crippen molar-refractivity contribution in [3.8, 4) is 0 Å². The van der Waals surface area contributed by atoms with Gasteiger partial charge in [-0.05, 0) is 36.3 Å². The highest BCUT2D eigenvalue weighted by Crippen LogP contribution is 2.43. The third kappa shape index (κ3) is 3.46. The van der Waals surface area contributed by atoms with Gasteiger partial charge < -0.3 is 5.32 Å². The second kappa shape index (κ2) is 5.76. The molecular formula is C16H25NOS. The molecule has 1 aliphatic rings. The van der Waals surface area contributed by atoms with Crippen LogP contribution < -0.4 is 5.32 Å². The molecule has 0 heterocycles. The van der Waals surface area contributed by atoms with Crippen LogP contribution in [0.3, 0.4) is 0 Å². The second-order valence-electron chi connectivity index (χ2n) is 6.43. The smallest absolute Gasteiger partial charge is 0.0383 e. The number of benzene rings is 1. The third-order valence-corrected chi connectivity index (χ3v) is 5.09. The monoisotopic (exact) mass is 279 g/mol. The van der Waals surface area contributed by atoms with E-state index >= 15 is 0 Å². The van der Waals surface area contributed by atoms with Gasteiger partial charge >= 0.3 is 0 Å². The maximum atomic E-state index is 11.4. The van der Waals surface area contributed by atoms with Crippen LogP contribution in [0.2, 0.25) is 0 Å². The largest absolute Gasteiger partial charge is 0.306 e. The molecule has 0 bridgehead atoms. The molecule has 1 aliphatic carbocycles. The normalized spacial score (nSPS) is 24.5. The lowest BCUT2D eigenvalue weighted by atomic mass is 9.70. The van der Waals surface area contributed by atoms with E-state index in [0.29, 0.717) is 6.04 Å². The van der Waals surface area contributed by atoms with Gasteiger partial charge in [0.25, 0.3) is 0 Å². The zero-order chi connectivity index (χ0) is 14.0. The summed E-state index contributed by atoms with van der Waals surface area (Å²) in [6, 6.07) is 9.36. The average Bonchev–Trinajstić information content (AvgIpc) is 2.32. The van der Waals surface area contributed by atoms with Gasteiger partial charge in [-0.1, -0.05) is 38.1 Å². The lowest BCUT2D eigenvalue weighted by Gasteiger charge is -2.42. The maximum absolute atomic E-state index is 11.4. The molecule has 0 amide bonds. The lowest BCUT2D eigenvalue weighted by molar-refractivity contribution is 0.199. The van der Waals surface area contributed by atoms with Crippen molar-refractivity contribution in [1.82, 2.24) is 5.32 Å². The highest BCUT2D eigenvalue weighted by molar-refractivity contribution is 7.84. The van der Waals surface area contributed by atoms with Crippen LogP contribution in [0.5, 0.6) is 0 Å². The highest BCUT2D eigenvalue weighted by atomic mass is 32.2. The molecule has 0 radical (unpaired) electrons. The van der Waals surface area contributed by atoms with Crippen molar-refractivity contribution >= 4 is 10.8 Å². The van der Waals surface area contributed by atoms with Crippen LogP contribution in [0.25, 0.3) is 0 Å². The Morgan fingerprint density at radius 2 is 2.11 bits per heavy atom. The summed E-state index contributed by atoms with van der Waals surface area (Å²) in [5.74, 6) is 0.717. The molecule has 0 saturated carbocycles. The summed E-state index contributed by atoms with van der Waals surface area (Å²) >= 11 is 0. The molecule has 106 valence electrons. The average molecular weight is 279 g/mol. The van der Waals surface area contributed by atoms with Gasteiger partial charge in [-0.25, -0.2) is 0 Å². The van der Waals surface area contributed by atoms with Crippen LogP contribution in [-0.2, 0) is 17.2 Å². The predicted octanol–water partition coefficient (Wildman–Crippen LogP) is 3.06. The lowest BCUT2D eigenvalue weighted by Crippen LogP contribution is -2.43. The van der Waals surface area contributed by atoms with Crippen LogP contribution in [0.1, 0.15) is 44.4 Å². The second-order valence-corrected chi connectivity index (χ2v) is 7.91. The van der Waals surface area contributed by atoms with Gasteiger partial charge in [0.15, 0.2) is 0 Å². The van der Waals surface area contributed by atoms with Crippen molar-refractivity contribution in [2.45, 2.75) is 45.7 Å². The summed E-state index contributed by atoms with van der Waals surface area (Å²) < 4.78 is 11.4. The zero-order valence-corrected chi connectivity index (χ0v) is 13.2. The minimum Gasteiger partial charge on any atom is -0.306 e. The topological polar surface area (TPSA) is 29.1 Å². The molecule has 19 heavy (non-hydrogen) atoms. The van der Waals surface area contributed by atoms with Gasteiger partial charge in [0.2, 0.25) is 0 Å². The number of nitrogens with one attached hydrogen (secondary N) is 1. The summed E-state index contributed by atoms with van der Waals surface area (Å²) in [4.78, 5) is 0. The Bertz CT molecular complexity index is 470. The van der Waals surface area contributed by atoms with Crippen LogP contribution in [0.15, 0.2) is 24.3 Å². The first-order valence-electron chi connectivity index (χ1n) is 7.04. The first-order chi connectivity index (χ1) is 8.90. The molecule has 3 unspecified atom stereocenters. The van der Waals surface area contributed by atoms with Crippen molar-refractivity contribution in [3.05, 3.63) is 35.4 Å². The fraction of sp³-hybridized carbons (Fsp3) is 0.625. The minimum atomic E-state index is -0.745. The van der Waals surface area contributed by atoms with E-state index in [1.807, 2.05) is 0 Å². The molecule has 0 aromatic heterocycles. The van der Waals surface area contributed by atoms with Gasteiger partial charge in [-0.2, -0.15) is 0 Å². The van der Waals surface area contributed by atoms with E-state index in [1.165, 1.54) is 17.5 Å².